The largest absolute Gasteiger partial charge is 0.472 e. The average Bonchev–Trinajstić information content (AvgIpc) is 3.23. The summed E-state index contributed by atoms with van der Waals surface area (Å²) in [6.45, 7) is 3.21. The van der Waals surface area contributed by atoms with E-state index in [-0.39, 0.29) is 12.8 Å². The van der Waals surface area contributed by atoms with Gasteiger partial charge >= 0.3 is 19.8 Å². The molecule has 0 aromatic rings. The smallest absolute Gasteiger partial charge is 0.462 e. The van der Waals surface area contributed by atoms with E-state index in [4.69, 9.17) is 18.5 Å². The van der Waals surface area contributed by atoms with E-state index in [0.717, 1.165) is 103 Å². The molecule has 0 spiro atoms. The van der Waals surface area contributed by atoms with Gasteiger partial charge in [-0.2, -0.15) is 0 Å². The molecular weight excluding hydrogens is 791 g/mol. The second-order valence-corrected chi connectivity index (χ2v) is 17.3. The highest BCUT2D eigenvalue weighted by molar-refractivity contribution is 7.47. The normalized spacial score (nSPS) is 22.6. The molecule has 1 aliphatic carbocycles. The second kappa shape index (κ2) is 36.3. The molecule has 13 nitrogen and oxygen atoms in total. The lowest BCUT2D eigenvalue weighted by atomic mass is 9.85. The van der Waals surface area contributed by atoms with Gasteiger partial charge in [-0.15, -0.1) is 0 Å². The van der Waals surface area contributed by atoms with E-state index < -0.39 is 75.7 Å². The minimum atomic E-state index is -5.12. The Hall–Kier alpha value is -2.19. The number of carbonyl (C=O) groups is 2. The van der Waals surface area contributed by atoms with Crippen molar-refractivity contribution in [2.24, 2.45) is 0 Å². The van der Waals surface area contributed by atoms with E-state index in [9.17, 15) is 44.6 Å². The number of aliphatic hydroxyl groups is 5. The molecule has 6 unspecified atom stereocenters. The Balaban J connectivity index is 2.47. The molecule has 0 amide bonds. The third kappa shape index (κ3) is 28.4. The molecule has 0 bridgehead atoms. The van der Waals surface area contributed by atoms with Gasteiger partial charge < -0.3 is 39.9 Å². The van der Waals surface area contributed by atoms with Crippen molar-refractivity contribution in [3.63, 3.8) is 0 Å². The summed E-state index contributed by atoms with van der Waals surface area (Å²) in [5.41, 5.74) is 0. The summed E-state index contributed by atoms with van der Waals surface area (Å²) in [6, 6.07) is 0. The van der Waals surface area contributed by atoms with Gasteiger partial charge in [0, 0.05) is 12.8 Å². The Labute approximate surface area is 360 Å². The molecular formula is C46H81O13P. The molecule has 6 N–H and O–H groups in total. The van der Waals surface area contributed by atoms with Crippen LogP contribution in [-0.2, 0) is 32.7 Å². The van der Waals surface area contributed by atoms with Crippen LogP contribution in [0.1, 0.15) is 174 Å². The highest BCUT2D eigenvalue weighted by atomic mass is 31.2. The first-order valence-electron chi connectivity index (χ1n) is 22.9. The number of phosphoric ester groups is 1. The zero-order valence-corrected chi connectivity index (χ0v) is 37.6. The van der Waals surface area contributed by atoms with Crippen molar-refractivity contribution in [2.75, 3.05) is 13.2 Å². The second-order valence-electron chi connectivity index (χ2n) is 15.9. The van der Waals surface area contributed by atoms with Gasteiger partial charge in [-0.3, -0.25) is 18.6 Å². The molecule has 1 rings (SSSR count). The predicted octanol–water partition coefficient (Wildman–Crippen LogP) is 8.78. The summed E-state index contributed by atoms with van der Waals surface area (Å²) in [6.07, 6.45) is 28.7. The van der Waals surface area contributed by atoms with Crippen LogP contribution in [0.15, 0.2) is 48.6 Å². The predicted molar refractivity (Wildman–Crippen MR) is 235 cm³/mol. The van der Waals surface area contributed by atoms with Gasteiger partial charge in [0.1, 0.15) is 43.2 Å². The van der Waals surface area contributed by atoms with E-state index >= 15 is 0 Å². The van der Waals surface area contributed by atoms with Crippen molar-refractivity contribution in [3.8, 4) is 0 Å². The number of carbonyl (C=O) groups excluding carboxylic acids is 2. The monoisotopic (exact) mass is 873 g/mol. The molecule has 0 aliphatic heterocycles. The number of hydrogen-bond donors (Lipinski definition) is 6. The van der Waals surface area contributed by atoms with E-state index in [2.05, 4.69) is 62.5 Å². The fraction of sp³-hybridized carbons (Fsp3) is 0.783. The number of phosphoric acid groups is 1. The quantitative estimate of drug-likeness (QED) is 0.0149. The summed E-state index contributed by atoms with van der Waals surface area (Å²) in [7, 11) is -5.12. The maximum atomic E-state index is 12.8. The molecule has 0 saturated heterocycles. The zero-order chi connectivity index (χ0) is 44.3. The lowest BCUT2D eigenvalue weighted by Crippen LogP contribution is -2.64. The Morgan fingerprint density at radius 2 is 0.917 bits per heavy atom. The summed E-state index contributed by atoms with van der Waals surface area (Å²) in [4.78, 5) is 35.7. The highest BCUT2D eigenvalue weighted by Gasteiger charge is 2.51. The van der Waals surface area contributed by atoms with Crippen molar-refractivity contribution in [3.05, 3.63) is 48.6 Å². The Morgan fingerprint density at radius 1 is 0.517 bits per heavy atom. The van der Waals surface area contributed by atoms with E-state index in [0.29, 0.717) is 12.8 Å². The number of rotatable bonds is 37. The van der Waals surface area contributed by atoms with E-state index in [1.165, 1.54) is 32.1 Å². The molecule has 348 valence electrons. The molecule has 8 atom stereocenters. The fourth-order valence-corrected chi connectivity index (χ4v) is 7.60. The first kappa shape index (κ1) is 55.8. The first-order valence-corrected chi connectivity index (χ1v) is 24.4. The molecule has 0 aromatic carbocycles. The number of aliphatic hydroxyl groups excluding tert-OH is 5. The van der Waals surface area contributed by atoms with Crippen molar-refractivity contribution in [1.29, 1.82) is 0 Å². The van der Waals surface area contributed by atoms with Crippen LogP contribution in [-0.4, -0.2) is 98.3 Å². The fourth-order valence-electron chi connectivity index (χ4n) is 6.63. The van der Waals surface area contributed by atoms with Crippen LogP contribution in [0.25, 0.3) is 0 Å². The van der Waals surface area contributed by atoms with Crippen LogP contribution in [0.2, 0.25) is 0 Å². The third-order valence-corrected chi connectivity index (χ3v) is 11.4. The number of allylic oxidation sites excluding steroid dienone is 8. The van der Waals surface area contributed by atoms with Gasteiger partial charge in [0.2, 0.25) is 0 Å². The Morgan fingerprint density at radius 3 is 1.40 bits per heavy atom. The summed E-state index contributed by atoms with van der Waals surface area (Å²) in [5, 5.41) is 50.1. The van der Waals surface area contributed by atoms with Crippen LogP contribution in [0.3, 0.4) is 0 Å². The van der Waals surface area contributed by atoms with Crippen molar-refractivity contribution < 1.29 is 63.1 Å². The number of hydrogen-bond acceptors (Lipinski definition) is 12. The topological polar surface area (TPSA) is 210 Å². The lowest BCUT2D eigenvalue weighted by Gasteiger charge is -2.41. The maximum Gasteiger partial charge on any atom is 0.472 e. The minimum Gasteiger partial charge on any atom is -0.462 e. The first-order chi connectivity index (χ1) is 28.9. The molecule has 60 heavy (non-hydrogen) atoms. The molecule has 0 aromatic heterocycles. The average molecular weight is 873 g/mol. The van der Waals surface area contributed by atoms with Gasteiger partial charge in [-0.05, 0) is 70.6 Å². The Kier molecular flexibility index (Phi) is 33.8. The lowest BCUT2D eigenvalue weighted by molar-refractivity contribution is -0.220. The summed E-state index contributed by atoms with van der Waals surface area (Å²) >= 11 is 0. The number of ether oxygens (including phenoxy) is 2. The third-order valence-electron chi connectivity index (χ3n) is 10.4. The Bertz CT molecular complexity index is 1240. The van der Waals surface area contributed by atoms with Gasteiger partial charge in [-0.25, -0.2) is 4.57 Å². The summed E-state index contributed by atoms with van der Waals surface area (Å²) < 4.78 is 33.5. The highest BCUT2D eigenvalue weighted by Crippen LogP contribution is 2.47. The molecule has 1 aliphatic rings. The molecule has 0 radical (unpaired) electrons. The number of esters is 2. The molecule has 1 saturated carbocycles. The molecule has 1 fully saturated rings. The van der Waals surface area contributed by atoms with Crippen molar-refractivity contribution in [2.45, 2.75) is 217 Å². The van der Waals surface area contributed by atoms with Crippen LogP contribution in [0.4, 0.5) is 0 Å². The van der Waals surface area contributed by atoms with E-state index in [1.807, 2.05) is 0 Å². The van der Waals surface area contributed by atoms with Crippen LogP contribution < -0.4 is 0 Å². The van der Waals surface area contributed by atoms with Crippen LogP contribution in [0.5, 0.6) is 0 Å². The van der Waals surface area contributed by atoms with Crippen molar-refractivity contribution >= 4 is 19.8 Å². The molecule has 0 heterocycles. The van der Waals surface area contributed by atoms with E-state index in [1.54, 1.807) is 0 Å². The maximum absolute atomic E-state index is 12.8. The van der Waals surface area contributed by atoms with Gasteiger partial charge in [-0.1, -0.05) is 140 Å². The SMILES string of the molecule is CCCC/C=C\C/C=C\CCCCCCCC(=O)O[C@H](COC(=O)CCCCCCCCC/C=C\C/C=C\CCCCC)COP(=O)(O)OC1C(O)C(O)C(O)[C@@H](O)C1O. The molecule has 14 heteroatoms. The summed E-state index contributed by atoms with van der Waals surface area (Å²) in [5.74, 6) is -1.13. The zero-order valence-electron chi connectivity index (χ0n) is 36.7. The van der Waals surface area contributed by atoms with Gasteiger partial charge in [0.15, 0.2) is 6.10 Å². The number of unbranched alkanes of at least 4 members (excludes halogenated alkanes) is 17. The van der Waals surface area contributed by atoms with Gasteiger partial charge in [0.25, 0.3) is 0 Å². The van der Waals surface area contributed by atoms with Crippen LogP contribution >= 0.6 is 7.82 Å². The van der Waals surface area contributed by atoms with Crippen LogP contribution in [0, 0.1) is 0 Å². The van der Waals surface area contributed by atoms with Gasteiger partial charge in [0.05, 0.1) is 6.61 Å². The van der Waals surface area contributed by atoms with Crippen molar-refractivity contribution in [1.82, 2.24) is 0 Å². The minimum absolute atomic E-state index is 0.0775. The standard InChI is InChI=1S/C46H81O13P/c1-3-5-7-9-11-13-15-17-19-20-21-23-24-26-28-30-32-34-39(47)56-36-38(37-57-60(54,55)59-46-44(52)42(50)41(49)43(51)45(46)53)58-40(48)35-33-31-29-27-25-22-18-16-14-12-10-8-6-4-2/h10-13,16-19,38,41-46,49-53H,3-9,14-15,20-37H2,1-2H3,(H,54,55)/b12-10-,13-11-,18-16-,19-17-/t38-,41?,42-,43?,44?,45?,46?/m1/s1.